The van der Waals surface area contributed by atoms with Crippen molar-refractivity contribution >= 4 is 5.97 Å². The molecule has 0 fully saturated rings. The number of carboxylic acid groups (broad SMARTS) is 1. The molecular formula is C9H10FNO2. The average molecular weight is 183 g/mol. The number of carboxylic acids is 1. The van der Waals surface area contributed by atoms with Gasteiger partial charge in [0.25, 0.3) is 0 Å². The number of aryl methyl sites for hydroxylation is 1. The molecule has 3 nitrogen and oxygen atoms in total. The van der Waals surface area contributed by atoms with Gasteiger partial charge in [0.15, 0.2) is 0 Å². The second-order valence-corrected chi connectivity index (χ2v) is 2.81. The molecule has 1 rings (SSSR count). The summed E-state index contributed by atoms with van der Waals surface area (Å²) in [5.74, 6) is -1.43. The second-order valence-electron chi connectivity index (χ2n) is 2.81. The van der Waals surface area contributed by atoms with Gasteiger partial charge < -0.3 is 5.11 Å². The molecule has 0 spiro atoms. The van der Waals surface area contributed by atoms with Crippen LogP contribution in [0.15, 0.2) is 18.5 Å². The Morgan fingerprint density at radius 1 is 1.77 bits per heavy atom. The Morgan fingerprint density at radius 2 is 2.46 bits per heavy atom. The highest BCUT2D eigenvalue weighted by Crippen LogP contribution is 2.09. The molecule has 0 bridgehead atoms. The predicted octanol–water partition coefficient (Wildman–Crippen LogP) is 1.36. The Morgan fingerprint density at radius 3 is 3.00 bits per heavy atom. The predicted molar refractivity (Wildman–Crippen MR) is 45.2 cm³/mol. The molecule has 13 heavy (non-hydrogen) atoms. The second kappa shape index (κ2) is 3.98. The average Bonchev–Trinajstić information content (AvgIpc) is 2.08. The fourth-order valence-electron chi connectivity index (χ4n) is 0.991. The standard InChI is InChI=1S/C9H10FNO2/c1-6-2-3-11-5-7(6)4-8(10)9(12)13/h2-3,5,8H,4H2,1H3,(H,12,13). The van der Waals surface area contributed by atoms with Gasteiger partial charge in [-0.15, -0.1) is 0 Å². The van der Waals surface area contributed by atoms with E-state index in [0.717, 1.165) is 5.56 Å². The van der Waals surface area contributed by atoms with Crippen molar-refractivity contribution in [2.75, 3.05) is 0 Å². The van der Waals surface area contributed by atoms with Crippen LogP contribution in [0.25, 0.3) is 0 Å². The Bertz CT molecular complexity index is 314. The van der Waals surface area contributed by atoms with Crippen molar-refractivity contribution in [3.63, 3.8) is 0 Å². The van der Waals surface area contributed by atoms with Gasteiger partial charge >= 0.3 is 5.97 Å². The van der Waals surface area contributed by atoms with Gasteiger partial charge in [0.2, 0.25) is 6.17 Å². The van der Waals surface area contributed by atoms with Gasteiger partial charge in [0.1, 0.15) is 0 Å². The lowest BCUT2D eigenvalue weighted by atomic mass is 10.1. The number of rotatable bonds is 3. The van der Waals surface area contributed by atoms with E-state index in [2.05, 4.69) is 4.98 Å². The van der Waals surface area contributed by atoms with E-state index in [9.17, 15) is 9.18 Å². The summed E-state index contributed by atoms with van der Waals surface area (Å²) in [4.78, 5) is 14.0. The molecule has 0 aliphatic heterocycles. The van der Waals surface area contributed by atoms with Crippen molar-refractivity contribution < 1.29 is 14.3 Å². The van der Waals surface area contributed by atoms with Crippen molar-refractivity contribution in [3.05, 3.63) is 29.6 Å². The van der Waals surface area contributed by atoms with Crippen LogP contribution in [-0.4, -0.2) is 22.2 Å². The first-order valence-electron chi connectivity index (χ1n) is 3.87. The van der Waals surface area contributed by atoms with E-state index < -0.39 is 12.1 Å². The Balaban J connectivity index is 2.74. The maximum absolute atomic E-state index is 12.8. The largest absolute Gasteiger partial charge is 0.479 e. The summed E-state index contributed by atoms with van der Waals surface area (Å²) in [6.07, 6.45) is 1.12. The van der Waals surface area contributed by atoms with E-state index in [1.54, 1.807) is 19.2 Å². The highest BCUT2D eigenvalue weighted by atomic mass is 19.1. The zero-order valence-corrected chi connectivity index (χ0v) is 7.20. The van der Waals surface area contributed by atoms with Crippen LogP contribution in [0.4, 0.5) is 4.39 Å². The number of halogens is 1. The first kappa shape index (κ1) is 9.64. The van der Waals surface area contributed by atoms with E-state index in [1.165, 1.54) is 6.20 Å². The number of aromatic nitrogens is 1. The lowest BCUT2D eigenvalue weighted by Gasteiger charge is -2.05. The summed E-state index contributed by atoms with van der Waals surface area (Å²) >= 11 is 0. The summed E-state index contributed by atoms with van der Waals surface area (Å²) in [6.45, 7) is 1.80. The molecule has 1 heterocycles. The molecule has 0 saturated carbocycles. The summed E-state index contributed by atoms with van der Waals surface area (Å²) in [7, 11) is 0. The molecule has 0 aromatic carbocycles. The maximum atomic E-state index is 12.8. The molecule has 1 atom stereocenters. The van der Waals surface area contributed by atoms with E-state index in [0.29, 0.717) is 5.56 Å². The van der Waals surface area contributed by atoms with Crippen molar-refractivity contribution in [2.24, 2.45) is 0 Å². The molecule has 0 radical (unpaired) electrons. The van der Waals surface area contributed by atoms with E-state index >= 15 is 0 Å². The van der Waals surface area contributed by atoms with Crippen LogP contribution in [0, 0.1) is 6.92 Å². The Kier molecular flexibility index (Phi) is 2.95. The van der Waals surface area contributed by atoms with Gasteiger partial charge in [-0.25, -0.2) is 9.18 Å². The summed E-state index contributed by atoms with van der Waals surface area (Å²) in [5.41, 5.74) is 1.50. The van der Waals surface area contributed by atoms with Gasteiger partial charge in [-0.1, -0.05) is 0 Å². The molecule has 0 amide bonds. The van der Waals surface area contributed by atoms with Crippen LogP contribution in [0.2, 0.25) is 0 Å². The van der Waals surface area contributed by atoms with Crippen LogP contribution in [0.5, 0.6) is 0 Å². The molecule has 0 aliphatic rings. The zero-order valence-electron chi connectivity index (χ0n) is 7.20. The van der Waals surface area contributed by atoms with Crippen molar-refractivity contribution in [1.82, 2.24) is 4.98 Å². The van der Waals surface area contributed by atoms with Gasteiger partial charge in [0.05, 0.1) is 0 Å². The quantitative estimate of drug-likeness (QED) is 0.769. The van der Waals surface area contributed by atoms with Crippen LogP contribution >= 0.6 is 0 Å². The van der Waals surface area contributed by atoms with Crippen LogP contribution in [-0.2, 0) is 11.2 Å². The smallest absolute Gasteiger partial charge is 0.338 e. The van der Waals surface area contributed by atoms with Crippen LogP contribution < -0.4 is 0 Å². The highest BCUT2D eigenvalue weighted by molar-refractivity contribution is 5.72. The Labute approximate surface area is 75.2 Å². The third-order valence-corrected chi connectivity index (χ3v) is 1.81. The summed E-state index contributed by atoms with van der Waals surface area (Å²) in [6, 6.07) is 1.73. The lowest BCUT2D eigenvalue weighted by Crippen LogP contribution is -2.17. The SMILES string of the molecule is Cc1ccncc1CC(F)C(=O)O. The number of pyridine rings is 1. The zero-order chi connectivity index (χ0) is 9.84. The molecule has 1 unspecified atom stereocenters. The third kappa shape index (κ3) is 2.50. The number of alkyl halides is 1. The monoisotopic (exact) mass is 183 g/mol. The maximum Gasteiger partial charge on any atom is 0.338 e. The lowest BCUT2D eigenvalue weighted by molar-refractivity contribution is -0.142. The third-order valence-electron chi connectivity index (χ3n) is 1.81. The van der Waals surface area contributed by atoms with E-state index in [1.807, 2.05) is 0 Å². The van der Waals surface area contributed by atoms with Crippen molar-refractivity contribution in [2.45, 2.75) is 19.5 Å². The van der Waals surface area contributed by atoms with Crippen LogP contribution in [0.1, 0.15) is 11.1 Å². The van der Waals surface area contributed by atoms with Crippen molar-refractivity contribution in [3.8, 4) is 0 Å². The number of nitrogens with zero attached hydrogens (tertiary/aromatic N) is 1. The highest BCUT2D eigenvalue weighted by Gasteiger charge is 2.16. The van der Waals surface area contributed by atoms with Crippen LogP contribution in [0.3, 0.4) is 0 Å². The normalized spacial score (nSPS) is 12.5. The molecule has 0 aliphatic carbocycles. The minimum Gasteiger partial charge on any atom is -0.479 e. The molecule has 0 saturated heterocycles. The minimum absolute atomic E-state index is 0.116. The van der Waals surface area contributed by atoms with Crippen molar-refractivity contribution in [1.29, 1.82) is 0 Å². The molecule has 1 N–H and O–H groups in total. The summed E-state index contributed by atoms with van der Waals surface area (Å²) < 4.78 is 12.8. The fourth-order valence-corrected chi connectivity index (χ4v) is 0.991. The molecule has 1 aromatic rings. The number of aliphatic carboxylic acids is 1. The first-order chi connectivity index (χ1) is 6.11. The number of hydrogen-bond acceptors (Lipinski definition) is 2. The summed E-state index contributed by atoms with van der Waals surface area (Å²) in [5, 5.41) is 8.34. The van der Waals surface area contributed by atoms with Gasteiger partial charge in [-0.05, 0) is 24.1 Å². The molecule has 1 aromatic heterocycles. The number of carbonyl (C=O) groups is 1. The topological polar surface area (TPSA) is 50.2 Å². The Hall–Kier alpha value is -1.45. The minimum atomic E-state index is -1.84. The first-order valence-corrected chi connectivity index (χ1v) is 3.87. The van der Waals surface area contributed by atoms with Gasteiger partial charge in [-0.3, -0.25) is 4.98 Å². The van der Waals surface area contributed by atoms with Gasteiger partial charge in [0, 0.05) is 18.8 Å². The molecule has 70 valence electrons. The van der Waals surface area contributed by atoms with Gasteiger partial charge in [-0.2, -0.15) is 0 Å². The number of hydrogen-bond donors (Lipinski definition) is 1. The van der Waals surface area contributed by atoms with E-state index in [-0.39, 0.29) is 6.42 Å². The molecule has 4 heteroatoms. The molecular weight excluding hydrogens is 173 g/mol. The fraction of sp³-hybridized carbons (Fsp3) is 0.333. The van der Waals surface area contributed by atoms with E-state index in [4.69, 9.17) is 5.11 Å².